The van der Waals surface area contributed by atoms with E-state index in [1.165, 1.54) is 70.4 Å². The molecule has 15 heterocycles. The van der Waals surface area contributed by atoms with Crippen LogP contribution in [0, 0.1) is 0 Å². The van der Waals surface area contributed by atoms with Crippen LogP contribution < -0.4 is 55.3 Å². The number of nitrogens with one attached hydrogen (secondary N) is 4. The van der Waals surface area contributed by atoms with E-state index in [0.29, 0.717) is 15.5 Å². The molecule has 0 aromatic carbocycles. The number of aliphatic hydroxyl groups excluding tert-OH is 4. The van der Waals surface area contributed by atoms with E-state index in [0.717, 1.165) is 132 Å². The Morgan fingerprint density at radius 2 is 0.744 bits per heavy atom. The van der Waals surface area contributed by atoms with Crippen LogP contribution in [0.5, 0.6) is 6.01 Å². The summed E-state index contributed by atoms with van der Waals surface area (Å²) in [6.07, 6.45) is 17.0. The number of hydrogen-bond donors (Lipinski definition) is 9. The van der Waals surface area contributed by atoms with Gasteiger partial charge in [0.15, 0.2) is 54.3 Å². The van der Waals surface area contributed by atoms with Gasteiger partial charge in [-0.2, -0.15) is 4.98 Å². The van der Waals surface area contributed by atoms with Crippen LogP contribution in [0.4, 0.5) is 0 Å². The van der Waals surface area contributed by atoms with Crippen molar-refractivity contribution in [3.05, 3.63) is 155 Å². The van der Waals surface area contributed by atoms with Gasteiger partial charge >= 0.3 is 28.8 Å². The fraction of sp³-hybridized carbons (Fsp3) is 0.740. The molecule has 38 nitrogen and oxygen atoms in total. The molecule has 2 bridgehead atoms. The quantitative estimate of drug-likeness (QED) is 0.0678. The van der Waals surface area contributed by atoms with Gasteiger partial charge in [0.05, 0.1) is 25.4 Å². The molecule has 4 unspecified atom stereocenters. The first-order valence-corrected chi connectivity index (χ1v) is 43.1. The topological polar surface area (TPSA) is 485 Å². The summed E-state index contributed by atoms with van der Waals surface area (Å²) < 4.78 is 95.8. The maximum Gasteiger partial charge on any atom is 0.330 e. The molecule has 10 aliphatic heterocycles. The van der Waals surface area contributed by atoms with Crippen LogP contribution in [-0.4, -0.2) is 218 Å². The lowest BCUT2D eigenvalue weighted by Crippen LogP contribution is -2.53. The lowest BCUT2D eigenvalue weighted by atomic mass is 9.84. The Kier molecular flexibility index (Phi) is 22.7. The molecule has 9 saturated heterocycles. The number of halogens is 2. The van der Waals surface area contributed by atoms with E-state index in [9.17, 15) is 68.7 Å². The van der Waals surface area contributed by atoms with E-state index in [1.807, 2.05) is 25.8 Å². The highest BCUT2D eigenvalue weighted by Crippen LogP contribution is 2.64. The molecule has 13 fully saturated rings. The normalized spacial score (nSPS) is 39.0. The van der Waals surface area contributed by atoms with Crippen molar-refractivity contribution in [3.8, 4) is 6.01 Å². The number of fused-ring (bicyclic) bond motifs is 10. The number of alkyl halides is 2. The van der Waals surface area contributed by atoms with Gasteiger partial charge in [0.2, 0.25) is 0 Å². The van der Waals surface area contributed by atoms with E-state index in [2.05, 4.69) is 85.9 Å². The molecule has 4 aliphatic carbocycles. The van der Waals surface area contributed by atoms with Gasteiger partial charge in [-0.3, -0.25) is 66.7 Å². The summed E-state index contributed by atoms with van der Waals surface area (Å²) in [5.41, 5.74) is -14.3. The largest absolute Gasteiger partial charge is 0.461 e. The van der Waals surface area contributed by atoms with E-state index in [4.69, 9.17) is 66.3 Å². The molecule has 0 radical (unpaired) electrons. The molecular weight excluding hydrogens is 1770 g/mol. The number of aromatic amines is 4. The van der Waals surface area contributed by atoms with Gasteiger partial charge in [-0.15, -0.1) is 0 Å². The smallest absolute Gasteiger partial charge is 0.330 e. The predicted molar refractivity (Wildman–Crippen MR) is 423 cm³/mol. The summed E-state index contributed by atoms with van der Waals surface area (Å²) in [6, 6.07) is 6.68. The molecule has 4 spiro atoms. The minimum atomic E-state index is -1.79. The van der Waals surface area contributed by atoms with Gasteiger partial charge in [0.1, 0.15) is 87.5 Å². The average Bonchev–Trinajstić information content (AvgIpc) is 1.55. The third-order valence-electron chi connectivity index (χ3n) is 26.3. The zero-order valence-electron chi connectivity index (χ0n) is 66.6. The van der Waals surface area contributed by atoms with Crippen molar-refractivity contribution in [2.24, 2.45) is 0 Å². The number of ether oxygens (including phenoxy) is 14. The number of nitrogens with zero attached hydrogens (tertiary/aromatic N) is 6. The van der Waals surface area contributed by atoms with Crippen LogP contribution >= 0.6 is 45.2 Å². The third kappa shape index (κ3) is 14.2. The van der Waals surface area contributed by atoms with Crippen LogP contribution in [0.3, 0.4) is 0 Å². The number of rotatable bonds is 11. The molecule has 40 heteroatoms. The van der Waals surface area contributed by atoms with Gasteiger partial charge < -0.3 is 91.8 Å². The number of aliphatic hydroxyl groups is 5. The first-order valence-electron chi connectivity index (χ1n) is 40.0. The summed E-state index contributed by atoms with van der Waals surface area (Å²) >= 11 is 4.47. The first-order chi connectivity index (χ1) is 55.3. The van der Waals surface area contributed by atoms with Crippen molar-refractivity contribution >= 4 is 45.2 Å². The van der Waals surface area contributed by atoms with Crippen LogP contribution in [0.25, 0.3) is 0 Å². The lowest BCUT2D eigenvalue weighted by Gasteiger charge is -2.34. The molecule has 9 N–H and O–H groups in total. The highest BCUT2D eigenvalue weighted by atomic mass is 127. The molecule has 644 valence electrons. The molecule has 0 amide bonds. The van der Waals surface area contributed by atoms with Gasteiger partial charge in [0.25, 0.3) is 27.8 Å². The first kappa shape index (κ1) is 86.1. The Balaban J connectivity index is 0.000000115. The van der Waals surface area contributed by atoms with Crippen molar-refractivity contribution in [2.45, 2.75) is 319 Å². The average molecular weight is 1870 g/mol. The fourth-order valence-electron chi connectivity index (χ4n) is 20.5. The lowest BCUT2D eigenvalue weighted by molar-refractivity contribution is -0.248. The Morgan fingerprint density at radius 3 is 1.11 bits per heavy atom. The Bertz CT molecular complexity index is 4980. The Labute approximate surface area is 695 Å². The highest BCUT2D eigenvalue weighted by molar-refractivity contribution is 14.1. The molecule has 14 aliphatic rings. The van der Waals surface area contributed by atoms with Crippen LogP contribution in [0.1, 0.15) is 209 Å². The maximum atomic E-state index is 12.4. The third-order valence-corrected chi connectivity index (χ3v) is 28.9. The van der Waals surface area contributed by atoms with Crippen LogP contribution in [0.15, 0.2) is 104 Å². The molecule has 5 aromatic heterocycles. The van der Waals surface area contributed by atoms with Crippen molar-refractivity contribution in [1.29, 1.82) is 0 Å². The predicted octanol–water partition coefficient (Wildman–Crippen LogP) is 2.72. The van der Waals surface area contributed by atoms with Crippen molar-refractivity contribution in [3.63, 3.8) is 0 Å². The second-order valence-corrected chi connectivity index (χ2v) is 36.2. The maximum absolute atomic E-state index is 12.4. The monoisotopic (exact) mass is 1870 g/mol. The number of hydrogen-bond acceptors (Lipinski definition) is 29. The minimum absolute atomic E-state index is 0.211. The summed E-state index contributed by atoms with van der Waals surface area (Å²) in [4.78, 5) is 118. The van der Waals surface area contributed by atoms with Gasteiger partial charge in [-0.25, -0.2) is 19.2 Å². The SMILES string of the molecule is CCC1(CC)O[C@@H](n2ccc(=O)[nH]c2=O)[C@]2(C)OC3(CCCC3)O[C@H]12.C[C@@]12OC3(CCCC3)O[C@@H]1[C@@]1(CI)COc3nc(=O)ccn3C2O1.C[C@@]12OC3(CCCC3)O[C@@H]1[C@](CO)(CI)OC2n1ccc(=O)[nH]c1=O.C[C@]1(CO)OC(n2ccc(=O)[nH]c2=O)[C@](C)(O)[C@@H]1O.C[C@]1(CO)OC(n2ccc(=O)[nH]c2=O)[C@]2(C)OC3(CCCC3)O[C@H]12. The molecule has 5 aromatic rings. The Hall–Kier alpha value is -5.86. The molecular formula is C77H104I2N10O28. The summed E-state index contributed by atoms with van der Waals surface area (Å²) in [5.74, 6) is -2.43. The molecule has 117 heavy (non-hydrogen) atoms. The van der Waals surface area contributed by atoms with Gasteiger partial charge in [-0.05, 0) is 113 Å². The zero-order valence-corrected chi connectivity index (χ0v) is 70.9. The van der Waals surface area contributed by atoms with Crippen molar-refractivity contribution in [2.75, 3.05) is 35.3 Å². The standard InChI is InChI=1S/C18H26N2O5.C16H21IN2O6.C16H19IN2O5.C16H22N2O6.C11H16N2O6/c1-4-17(5-2)13-16(3,25-18(23-13)9-6-7-10-18)14(24-17)20-11-8-12(21)19-15(20)22;1-14-11(23-16(25-14)5-2-3-6-16)15(8-17,9-20)24-12(14)19-7-4-10(21)18-13(19)22;1-14-11(22-16(24-14)5-2-3-6-16)15(8-17)9-21-13-18-10(20)4-7-19(13)12(14)23-15;1-14(9-19)11-15(2,24-16(22-11)6-3-4-7-16)12(23-14)18-8-5-10(20)17-13(18)21;1-10(5-14)7(16)11(2,18)8(19-10)13-4-3-6(15)12-9(13)17/h8,11,13-14H,4-7,9-10H2,1-3H3,(H,19,21,22);4,7,11-12,20H,2-3,5-6,8-9H2,1H3,(H,18,21,22);4,7,11-12H,2-3,5-6,8-9H2,1H3;5,8,11-12,19H,3-4,6-7,9H2,1-2H3,(H,17,20,21);3-4,7-8,14,16,18H,5H2,1-2H3,(H,12,15,17)/t13-,14+,16+;2*11-,12?,14+,15+;11-,12?,14-,15-;7-,8?,10-,11-/m00011/s1. The molecule has 19 rings (SSSR count). The van der Waals surface area contributed by atoms with Crippen LogP contribution in [0.2, 0.25) is 0 Å². The van der Waals surface area contributed by atoms with Crippen molar-refractivity contribution in [1.82, 2.24) is 47.8 Å². The van der Waals surface area contributed by atoms with Gasteiger partial charge in [-0.1, -0.05) is 59.0 Å². The zero-order chi connectivity index (χ0) is 83.9. The van der Waals surface area contributed by atoms with E-state index in [1.54, 1.807) is 17.7 Å². The summed E-state index contributed by atoms with van der Waals surface area (Å²) in [7, 11) is 0. The number of aromatic nitrogens is 10. The fourth-order valence-corrected chi connectivity index (χ4v) is 22.1. The second-order valence-electron chi connectivity index (χ2n) is 34.7. The van der Waals surface area contributed by atoms with Crippen molar-refractivity contribution < 1.29 is 91.8 Å². The second kappa shape index (κ2) is 30.9. The highest BCUT2D eigenvalue weighted by Gasteiger charge is 2.76. The summed E-state index contributed by atoms with van der Waals surface area (Å²) in [6.45, 7) is 15.6. The van der Waals surface area contributed by atoms with Gasteiger partial charge in [0, 0.05) is 122 Å². The van der Waals surface area contributed by atoms with E-state index >= 15 is 0 Å². The van der Waals surface area contributed by atoms with Crippen LogP contribution in [-0.2, 0) is 61.6 Å². The summed E-state index contributed by atoms with van der Waals surface area (Å²) in [5, 5.41) is 49.6. The molecule has 4 saturated carbocycles. The number of H-pyrrole nitrogens is 4. The Morgan fingerprint density at radius 1 is 0.410 bits per heavy atom. The minimum Gasteiger partial charge on any atom is -0.461 e. The van der Waals surface area contributed by atoms with E-state index < -0.39 is 180 Å². The molecule has 19 atom stereocenters. The van der Waals surface area contributed by atoms with E-state index in [-0.39, 0.29) is 37.0 Å².